The van der Waals surface area contributed by atoms with E-state index in [9.17, 15) is 4.79 Å². The van der Waals surface area contributed by atoms with Crippen molar-refractivity contribution in [2.24, 2.45) is 0 Å². The van der Waals surface area contributed by atoms with E-state index in [2.05, 4.69) is 31.9 Å². The second kappa shape index (κ2) is 4.19. The quantitative estimate of drug-likeness (QED) is 0.603. The topological polar surface area (TPSA) is 17.1 Å². The van der Waals surface area contributed by atoms with Crippen LogP contribution in [0.5, 0.6) is 0 Å². The van der Waals surface area contributed by atoms with Gasteiger partial charge in [0.2, 0.25) is 0 Å². The van der Waals surface area contributed by atoms with Crippen molar-refractivity contribution in [1.82, 2.24) is 0 Å². The Bertz CT molecular complexity index is 297. The summed E-state index contributed by atoms with van der Waals surface area (Å²) in [5.74, 6) is 0. The van der Waals surface area contributed by atoms with Crippen LogP contribution in [0, 0.1) is 6.92 Å². The molecule has 3 heteroatoms. The van der Waals surface area contributed by atoms with Crippen LogP contribution in [0.15, 0.2) is 22.7 Å². The van der Waals surface area contributed by atoms with Crippen molar-refractivity contribution in [3.05, 3.63) is 33.8 Å². The number of alkyl halides is 1. The van der Waals surface area contributed by atoms with E-state index in [1.54, 1.807) is 0 Å². The lowest BCUT2D eigenvalue weighted by atomic mass is 10.1. The van der Waals surface area contributed by atoms with Gasteiger partial charge in [0.1, 0.15) is 6.29 Å². The summed E-state index contributed by atoms with van der Waals surface area (Å²) in [7, 11) is 0. The van der Waals surface area contributed by atoms with Gasteiger partial charge in [-0.05, 0) is 24.1 Å². The predicted octanol–water partition coefficient (Wildman–Crippen LogP) is 3.39. The van der Waals surface area contributed by atoms with Gasteiger partial charge in [-0.2, -0.15) is 0 Å². The van der Waals surface area contributed by atoms with Gasteiger partial charge in [0.05, 0.1) is 4.83 Å². The van der Waals surface area contributed by atoms with Crippen molar-refractivity contribution in [3.63, 3.8) is 0 Å². The van der Waals surface area contributed by atoms with Crippen LogP contribution in [0.4, 0.5) is 0 Å². The minimum Gasteiger partial charge on any atom is -0.302 e. The van der Waals surface area contributed by atoms with E-state index >= 15 is 0 Å². The van der Waals surface area contributed by atoms with Crippen molar-refractivity contribution in [2.45, 2.75) is 11.8 Å². The molecule has 1 unspecified atom stereocenters. The zero-order chi connectivity index (χ0) is 9.14. The summed E-state index contributed by atoms with van der Waals surface area (Å²) in [6.45, 7) is 2.01. The maximum Gasteiger partial charge on any atom is 0.138 e. The number of hydrogen-bond donors (Lipinski definition) is 0. The fraction of sp³-hybridized carbons (Fsp3) is 0.222. The molecule has 1 rings (SSSR count). The molecule has 0 aromatic heterocycles. The Morgan fingerprint density at radius 1 is 1.50 bits per heavy atom. The summed E-state index contributed by atoms with van der Waals surface area (Å²) in [6.07, 6.45) is 0.872. The first-order valence-corrected chi connectivity index (χ1v) is 5.21. The molecule has 1 nitrogen and oxygen atoms in total. The van der Waals surface area contributed by atoms with Gasteiger partial charge in [-0.15, -0.1) is 0 Å². The van der Waals surface area contributed by atoms with Gasteiger partial charge >= 0.3 is 0 Å². The second-order valence-corrected chi connectivity index (χ2v) is 4.39. The predicted molar refractivity (Wildman–Crippen MR) is 56.6 cm³/mol. The maximum atomic E-state index is 10.4. The molecule has 0 radical (unpaired) electrons. The van der Waals surface area contributed by atoms with Gasteiger partial charge in [0.25, 0.3) is 0 Å². The molecule has 0 saturated heterocycles. The molecule has 1 atom stereocenters. The Labute approximate surface area is 88.4 Å². The van der Waals surface area contributed by atoms with Gasteiger partial charge in [-0.1, -0.05) is 44.0 Å². The van der Waals surface area contributed by atoms with Crippen molar-refractivity contribution in [2.75, 3.05) is 0 Å². The Morgan fingerprint density at radius 3 is 2.67 bits per heavy atom. The Morgan fingerprint density at radius 2 is 2.17 bits per heavy atom. The van der Waals surface area contributed by atoms with Gasteiger partial charge in [-0.3, -0.25) is 0 Å². The zero-order valence-electron chi connectivity index (χ0n) is 6.55. The monoisotopic (exact) mass is 290 g/mol. The van der Waals surface area contributed by atoms with Gasteiger partial charge < -0.3 is 4.79 Å². The molecule has 0 aliphatic rings. The van der Waals surface area contributed by atoms with E-state index in [4.69, 9.17) is 0 Å². The van der Waals surface area contributed by atoms with E-state index in [0.717, 1.165) is 16.3 Å². The molecule has 0 fully saturated rings. The van der Waals surface area contributed by atoms with Crippen molar-refractivity contribution >= 4 is 38.1 Å². The molecule has 0 bridgehead atoms. The third kappa shape index (κ3) is 2.17. The van der Waals surface area contributed by atoms with Crippen LogP contribution in [0.25, 0.3) is 0 Å². The number of aldehydes is 1. The lowest BCUT2D eigenvalue weighted by Crippen LogP contribution is -1.90. The number of halogens is 2. The van der Waals surface area contributed by atoms with Crippen LogP contribution in [0.2, 0.25) is 0 Å². The van der Waals surface area contributed by atoms with Crippen molar-refractivity contribution < 1.29 is 4.79 Å². The molecule has 12 heavy (non-hydrogen) atoms. The van der Waals surface area contributed by atoms with Gasteiger partial charge in [0, 0.05) is 4.47 Å². The third-order valence-electron chi connectivity index (χ3n) is 1.63. The van der Waals surface area contributed by atoms with Crippen LogP contribution >= 0.6 is 31.9 Å². The van der Waals surface area contributed by atoms with Crippen molar-refractivity contribution in [1.29, 1.82) is 0 Å². The van der Waals surface area contributed by atoms with E-state index in [1.165, 1.54) is 5.56 Å². The zero-order valence-corrected chi connectivity index (χ0v) is 9.72. The largest absolute Gasteiger partial charge is 0.302 e. The summed E-state index contributed by atoms with van der Waals surface area (Å²) in [5.41, 5.74) is 2.15. The summed E-state index contributed by atoms with van der Waals surface area (Å²) < 4.78 is 1.03. The Hall–Kier alpha value is -0.150. The van der Waals surface area contributed by atoms with Crippen LogP contribution in [-0.2, 0) is 4.79 Å². The molecule has 64 valence electrons. The molecule has 0 spiro atoms. The average molecular weight is 292 g/mol. The van der Waals surface area contributed by atoms with E-state index in [0.29, 0.717) is 0 Å². The standard InChI is InChI=1S/C9H8Br2O/c1-6-2-3-7(4-8(6)10)9(11)5-12/h2-5,9H,1H3. The highest BCUT2D eigenvalue weighted by Gasteiger charge is 2.06. The van der Waals surface area contributed by atoms with Crippen LogP contribution < -0.4 is 0 Å². The second-order valence-electron chi connectivity index (χ2n) is 2.55. The molecule has 0 N–H and O–H groups in total. The summed E-state index contributed by atoms with van der Waals surface area (Å²) in [4.78, 5) is 10.2. The van der Waals surface area contributed by atoms with E-state index in [1.807, 2.05) is 25.1 Å². The molecule has 1 aromatic rings. The Kier molecular flexibility index (Phi) is 3.47. The highest BCUT2D eigenvalue weighted by molar-refractivity contribution is 9.10. The molecular formula is C9H8Br2O. The minimum atomic E-state index is -0.200. The first-order chi connectivity index (χ1) is 5.65. The van der Waals surface area contributed by atoms with Crippen LogP contribution in [-0.4, -0.2) is 6.29 Å². The highest BCUT2D eigenvalue weighted by atomic mass is 79.9. The molecule has 0 amide bonds. The number of carbonyl (C=O) groups excluding carboxylic acids is 1. The molecular weight excluding hydrogens is 284 g/mol. The number of rotatable bonds is 2. The normalized spacial score (nSPS) is 12.6. The smallest absolute Gasteiger partial charge is 0.138 e. The molecule has 0 heterocycles. The Balaban J connectivity index is 3.04. The van der Waals surface area contributed by atoms with Crippen molar-refractivity contribution in [3.8, 4) is 0 Å². The van der Waals surface area contributed by atoms with Crippen LogP contribution in [0.1, 0.15) is 16.0 Å². The van der Waals surface area contributed by atoms with Crippen LogP contribution in [0.3, 0.4) is 0 Å². The van der Waals surface area contributed by atoms with E-state index < -0.39 is 0 Å². The minimum absolute atomic E-state index is 0.200. The van der Waals surface area contributed by atoms with E-state index in [-0.39, 0.29) is 4.83 Å². The lowest BCUT2D eigenvalue weighted by molar-refractivity contribution is -0.107. The number of hydrogen-bond acceptors (Lipinski definition) is 1. The average Bonchev–Trinajstić information content (AvgIpc) is 2.08. The SMILES string of the molecule is Cc1ccc(C(Br)C=O)cc1Br. The maximum absolute atomic E-state index is 10.4. The number of carbonyl (C=O) groups is 1. The molecule has 0 aliphatic carbocycles. The highest BCUT2D eigenvalue weighted by Crippen LogP contribution is 2.25. The first-order valence-electron chi connectivity index (χ1n) is 3.50. The first kappa shape index (κ1) is 9.93. The molecule has 0 saturated carbocycles. The number of benzene rings is 1. The summed E-state index contributed by atoms with van der Waals surface area (Å²) in [6, 6.07) is 5.87. The third-order valence-corrected chi connectivity index (χ3v) is 3.23. The number of aryl methyl sites for hydroxylation is 1. The van der Waals surface area contributed by atoms with Gasteiger partial charge in [-0.25, -0.2) is 0 Å². The summed E-state index contributed by atoms with van der Waals surface area (Å²) in [5, 5.41) is 0. The molecule has 0 aliphatic heterocycles. The molecule has 1 aromatic carbocycles. The fourth-order valence-electron chi connectivity index (χ4n) is 0.859. The lowest BCUT2D eigenvalue weighted by Gasteiger charge is -2.04. The fourth-order valence-corrected chi connectivity index (χ4v) is 1.54. The summed E-state index contributed by atoms with van der Waals surface area (Å²) >= 11 is 6.66. The van der Waals surface area contributed by atoms with Gasteiger partial charge in [0.15, 0.2) is 0 Å².